The Bertz CT molecular complexity index is 381. The van der Waals surface area contributed by atoms with Crippen molar-refractivity contribution in [3.05, 3.63) is 17.2 Å². The van der Waals surface area contributed by atoms with Gasteiger partial charge in [-0.2, -0.15) is 0 Å². The van der Waals surface area contributed by atoms with Gasteiger partial charge in [0.25, 0.3) is 0 Å². The molecule has 0 unspecified atom stereocenters. The van der Waals surface area contributed by atoms with E-state index in [1.165, 1.54) is 62.5 Å². The lowest BCUT2D eigenvalue weighted by Crippen LogP contribution is -2.32. The van der Waals surface area contributed by atoms with Crippen LogP contribution in [0.3, 0.4) is 0 Å². The molecule has 1 aromatic heterocycles. The number of hydrogen-bond acceptors (Lipinski definition) is 2. The first-order valence-electron chi connectivity index (χ1n) is 6.68. The van der Waals surface area contributed by atoms with Crippen LogP contribution in [0.4, 0.5) is 0 Å². The van der Waals surface area contributed by atoms with E-state index < -0.39 is 0 Å². The maximum absolute atomic E-state index is 4.82. The maximum Gasteiger partial charge on any atom is 0.109 e. The lowest BCUT2D eigenvalue weighted by molar-refractivity contribution is 0.245. The third-order valence-electron chi connectivity index (χ3n) is 3.84. The summed E-state index contributed by atoms with van der Waals surface area (Å²) in [6, 6.07) is 0. The van der Waals surface area contributed by atoms with Crippen LogP contribution in [0, 0.1) is 0 Å². The van der Waals surface area contributed by atoms with Crippen LogP contribution in [-0.2, 0) is 25.9 Å². The topological polar surface area (TPSA) is 21.1 Å². The fourth-order valence-corrected chi connectivity index (χ4v) is 3.04. The molecular weight excluding hydrogens is 198 g/mol. The lowest BCUT2D eigenvalue weighted by atomic mass is 10.1. The van der Waals surface area contributed by atoms with Crippen molar-refractivity contribution in [1.29, 1.82) is 0 Å². The first-order valence-corrected chi connectivity index (χ1v) is 6.68. The van der Waals surface area contributed by atoms with Crippen LogP contribution in [-0.4, -0.2) is 27.5 Å². The Kier molecular flexibility index (Phi) is 2.72. The molecule has 0 saturated carbocycles. The second kappa shape index (κ2) is 4.21. The van der Waals surface area contributed by atoms with E-state index in [1.54, 1.807) is 0 Å². The zero-order valence-electron chi connectivity index (χ0n) is 10.2. The van der Waals surface area contributed by atoms with Crippen molar-refractivity contribution in [2.24, 2.45) is 0 Å². The molecule has 2 aliphatic rings. The molecule has 2 aliphatic heterocycles. The predicted octanol–water partition coefficient (Wildman–Crippen LogP) is 1.99. The summed E-state index contributed by atoms with van der Waals surface area (Å²) < 4.78 is 2.50. The molecule has 0 bridgehead atoms. The van der Waals surface area contributed by atoms with E-state index >= 15 is 0 Å². The smallest absolute Gasteiger partial charge is 0.109 e. The molecule has 0 radical (unpaired) electrons. The summed E-state index contributed by atoms with van der Waals surface area (Å²) in [6.45, 7) is 7.05. The second-order valence-electron chi connectivity index (χ2n) is 5.06. The molecule has 0 fully saturated rings. The van der Waals surface area contributed by atoms with Crippen LogP contribution in [0.1, 0.15) is 43.4 Å². The van der Waals surface area contributed by atoms with Crippen LogP contribution in [0.2, 0.25) is 0 Å². The molecule has 3 heteroatoms. The summed E-state index contributed by atoms with van der Waals surface area (Å²) >= 11 is 0. The van der Waals surface area contributed by atoms with Gasteiger partial charge in [-0.3, -0.25) is 4.90 Å². The van der Waals surface area contributed by atoms with E-state index in [-0.39, 0.29) is 0 Å². The normalized spacial score (nSPS) is 20.6. The summed E-state index contributed by atoms with van der Waals surface area (Å²) in [7, 11) is 0. The molecule has 0 aromatic carbocycles. The van der Waals surface area contributed by atoms with E-state index in [0.717, 1.165) is 13.0 Å². The van der Waals surface area contributed by atoms with Gasteiger partial charge in [0.05, 0.1) is 11.4 Å². The van der Waals surface area contributed by atoms with Crippen LogP contribution in [0.15, 0.2) is 0 Å². The first kappa shape index (κ1) is 10.3. The van der Waals surface area contributed by atoms with Crippen LogP contribution >= 0.6 is 0 Å². The Balaban J connectivity index is 1.88. The number of aryl methyl sites for hydroxylation is 1. The summed E-state index contributed by atoms with van der Waals surface area (Å²) in [5.74, 6) is 1.36. The third kappa shape index (κ3) is 1.67. The molecule has 0 amide bonds. The molecule has 1 aromatic rings. The molecule has 0 spiro atoms. The second-order valence-corrected chi connectivity index (χ2v) is 5.06. The van der Waals surface area contributed by atoms with Gasteiger partial charge < -0.3 is 4.57 Å². The van der Waals surface area contributed by atoms with Crippen molar-refractivity contribution in [3.8, 4) is 0 Å². The molecule has 16 heavy (non-hydrogen) atoms. The van der Waals surface area contributed by atoms with Gasteiger partial charge in [0.2, 0.25) is 0 Å². The minimum Gasteiger partial charge on any atom is -0.331 e. The highest BCUT2D eigenvalue weighted by Gasteiger charge is 2.24. The van der Waals surface area contributed by atoms with Crippen molar-refractivity contribution < 1.29 is 0 Å². The average Bonchev–Trinajstić information content (AvgIpc) is 2.68. The fourth-order valence-electron chi connectivity index (χ4n) is 3.04. The zero-order valence-corrected chi connectivity index (χ0v) is 10.2. The SMILES string of the molecule is CCCN1CCc2nc3n(c2C1)CCCC3. The zero-order chi connectivity index (χ0) is 11.0. The van der Waals surface area contributed by atoms with Crippen LogP contribution < -0.4 is 0 Å². The number of rotatable bonds is 2. The highest BCUT2D eigenvalue weighted by Crippen LogP contribution is 2.24. The van der Waals surface area contributed by atoms with Gasteiger partial charge in [0.15, 0.2) is 0 Å². The molecule has 0 saturated heterocycles. The van der Waals surface area contributed by atoms with Crippen molar-refractivity contribution >= 4 is 0 Å². The third-order valence-corrected chi connectivity index (χ3v) is 3.84. The van der Waals surface area contributed by atoms with Gasteiger partial charge in [-0.1, -0.05) is 6.92 Å². The molecule has 3 heterocycles. The number of fused-ring (bicyclic) bond motifs is 3. The molecule has 0 atom stereocenters. The number of imidazole rings is 1. The molecule has 0 N–H and O–H groups in total. The standard InChI is InChI=1S/C13H21N3/c1-2-7-15-9-6-11-12(10-15)16-8-4-3-5-13(16)14-11/h2-10H2,1H3. The van der Waals surface area contributed by atoms with E-state index in [2.05, 4.69) is 16.4 Å². The average molecular weight is 219 g/mol. The van der Waals surface area contributed by atoms with Crippen LogP contribution in [0.25, 0.3) is 0 Å². The summed E-state index contributed by atoms with van der Waals surface area (Å²) in [4.78, 5) is 7.40. The van der Waals surface area contributed by atoms with Crippen molar-refractivity contribution in [2.75, 3.05) is 13.1 Å². The minimum absolute atomic E-state index is 1.14. The van der Waals surface area contributed by atoms with E-state index in [9.17, 15) is 0 Å². The Hall–Kier alpha value is -0.830. The molecule has 0 aliphatic carbocycles. The van der Waals surface area contributed by atoms with Gasteiger partial charge in [0.1, 0.15) is 5.82 Å². The van der Waals surface area contributed by atoms with Gasteiger partial charge in [-0.15, -0.1) is 0 Å². The predicted molar refractivity (Wildman–Crippen MR) is 64.4 cm³/mol. The number of hydrogen-bond donors (Lipinski definition) is 0. The Labute approximate surface area is 97.5 Å². The molecule has 3 nitrogen and oxygen atoms in total. The van der Waals surface area contributed by atoms with Gasteiger partial charge in [-0.25, -0.2) is 4.98 Å². The Morgan fingerprint density at radius 3 is 3.00 bits per heavy atom. The highest BCUT2D eigenvalue weighted by atomic mass is 15.2. The first-order chi connectivity index (χ1) is 7.88. The number of aromatic nitrogens is 2. The Morgan fingerprint density at radius 2 is 2.12 bits per heavy atom. The summed E-state index contributed by atoms with van der Waals surface area (Å²) in [5, 5.41) is 0. The summed E-state index contributed by atoms with van der Waals surface area (Å²) in [6.07, 6.45) is 6.28. The van der Waals surface area contributed by atoms with Gasteiger partial charge in [0, 0.05) is 32.5 Å². The summed E-state index contributed by atoms with van der Waals surface area (Å²) in [5.41, 5.74) is 2.92. The monoisotopic (exact) mass is 219 g/mol. The highest BCUT2D eigenvalue weighted by molar-refractivity contribution is 5.21. The Morgan fingerprint density at radius 1 is 1.19 bits per heavy atom. The molecule has 3 rings (SSSR count). The molecular formula is C13H21N3. The fraction of sp³-hybridized carbons (Fsp3) is 0.769. The van der Waals surface area contributed by atoms with Crippen molar-refractivity contribution in [1.82, 2.24) is 14.5 Å². The number of nitrogens with zero attached hydrogens (tertiary/aromatic N) is 3. The van der Waals surface area contributed by atoms with E-state index in [4.69, 9.17) is 4.98 Å². The van der Waals surface area contributed by atoms with E-state index in [0.29, 0.717) is 0 Å². The largest absolute Gasteiger partial charge is 0.331 e. The van der Waals surface area contributed by atoms with Gasteiger partial charge >= 0.3 is 0 Å². The van der Waals surface area contributed by atoms with Crippen LogP contribution in [0.5, 0.6) is 0 Å². The lowest BCUT2D eigenvalue weighted by Gasteiger charge is -2.27. The molecule has 88 valence electrons. The quantitative estimate of drug-likeness (QED) is 0.758. The van der Waals surface area contributed by atoms with Crippen molar-refractivity contribution in [3.63, 3.8) is 0 Å². The minimum atomic E-state index is 1.14. The van der Waals surface area contributed by atoms with E-state index in [1.807, 2.05) is 0 Å². The van der Waals surface area contributed by atoms with Crippen molar-refractivity contribution in [2.45, 2.75) is 52.1 Å². The van der Waals surface area contributed by atoms with Gasteiger partial charge in [-0.05, 0) is 25.8 Å². The maximum atomic E-state index is 4.82.